The molecule has 0 atom stereocenters. The van der Waals surface area contributed by atoms with Crippen LogP contribution in [0.15, 0.2) is 48.5 Å². The molecule has 0 spiro atoms. The number of carbonyl (C=O) groups is 3. The van der Waals surface area contributed by atoms with Crippen molar-refractivity contribution in [3.63, 3.8) is 0 Å². The zero-order chi connectivity index (χ0) is 18.4. The van der Waals surface area contributed by atoms with Gasteiger partial charge in [0.25, 0.3) is 5.91 Å². The van der Waals surface area contributed by atoms with Crippen LogP contribution in [0.2, 0.25) is 0 Å². The van der Waals surface area contributed by atoms with E-state index in [1.807, 2.05) is 0 Å². The number of ketones is 1. The highest BCUT2D eigenvalue weighted by Gasteiger charge is 2.13. The Hall–Kier alpha value is -3.02. The molecule has 2 aromatic carbocycles. The van der Waals surface area contributed by atoms with Crippen molar-refractivity contribution in [2.75, 3.05) is 18.0 Å². The average molecular weight is 342 g/mol. The zero-order valence-electron chi connectivity index (χ0n) is 14.1. The summed E-state index contributed by atoms with van der Waals surface area (Å²) in [6, 6.07) is 12.1. The number of carbonyl (C=O) groups excluding carboxylic acids is 3. The first-order chi connectivity index (χ1) is 11.9. The highest BCUT2D eigenvalue weighted by atomic mass is 19.1. The van der Waals surface area contributed by atoms with Crippen molar-refractivity contribution in [3.05, 3.63) is 65.5 Å². The summed E-state index contributed by atoms with van der Waals surface area (Å²) < 4.78 is 13.1. The lowest BCUT2D eigenvalue weighted by atomic mass is 10.1. The van der Waals surface area contributed by atoms with Crippen LogP contribution in [0.1, 0.15) is 34.6 Å². The van der Waals surface area contributed by atoms with Gasteiger partial charge >= 0.3 is 0 Å². The first-order valence-corrected chi connectivity index (χ1v) is 7.81. The predicted octanol–water partition coefficient (Wildman–Crippen LogP) is 2.81. The molecule has 0 fully saturated rings. The number of hydrogen-bond donors (Lipinski definition) is 1. The number of hydrogen-bond acceptors (Lipinski definition) is 3. The molecular formula is C19H19FN2O3. The number of nitrogens with one attached hydrogen (secondary N) is 1. The van der Waals surface area contributed by atoms with Crippen LogP contribution < -0.4 is 10.2 Å². The Morgan fingerprint density at radius 2 is 1.68 bits per heavy atom. The molecule has 2 rings (SSSR count). The van der Waals surface area contributed by atoms with E-state index < -0.39 is 11.7 Å². The Morgan fingerprint density at radius 1 is 1.00 bits per heavy atom. The van der Waals surface area contributed by atoms with Gasteiger partial charge in [-0.1, -0.05) is 18.2 Å². The Morgan fingerprint density at radius 3 is 2.32 bits per heavy atom. The van der Waals surface area contributed by atoms with Crippen molar-refractivity contribution in [2.24, 2.45) is 0 Å². The number of benzene rings is 2. The lowest BCUT2D eigenvalue weighted by Gasteiger charge is -2.22. The monoisotopic (exact) mass is 342 g/mol. The second-order valence-electron chi connectivity index (χ2n) is 5.54. The molecule has 5 nitrogen and oxygen atoms in total. The van der Waals surface area contributed by atoms with Crippen LogP contribution >= 0.6 is 0 Å². The average Bonchev–Trinajstić information content (AvgIpc) is 2.58. The fourth-order valence-electron chi connectivity index (χ4n) is 2.37. The van der Waals surface area contributed by atoms with Gasteiger partial charge in [-0.3, -0.25) is 14.4 Å². The SMILES string of the molecule is CC(=O)c1cccc(N(CCNC(=O)c2cccc(F)c2)C(C)=O)c1. The van der Waals surface area contributed by atoms with Crippen molar-refractivity contribution in [3.8, 4) is 0 Å². The van der Waals surface area contributed by atoms with Gasteiger partial charge in [0.15, 0.2) is 5.78 Å². The molecule has 0 radical (unpaired) electrons. The molecular weight excluding hydrogens is 323 g/mol. The summed E-state index contributed by atoms with van der Waals surface area (Å²) in [4.78, 5) is 36.9. The Kier molecular flexibility index (Phi) is 6.00. The van der Waals surface area contributed by atoms with Crippen molar-refractivity contribution < 1.29 is 18.8 Å². The fourth-order valence-corrected chi connectivity index (χ4v) is 2.37. The summed E-state index contributed by atoms with van der Waals surface area (Å²) >= 11 is 0. The van der Waals surface area contributed by atoms with Gasteiger partial charge in [-0.25, -0.2) is 4.39 Å². The number of Topliss-reactive ketones (excluding diaryl/α,β-unsaturated/α-hetero) is 1. The number of rotatable bonds is 6. The molecule has 2 aromatic rings. The minimum absolute atomic E-state index is 0.0928. The van der Waals surface area contributed by atoms with Gasteiger partial charge in [0.05, 0.1) is 0 Å². The van der Waals surface area contributed by atoms with E-state index in [-0.39, 0.29) is 30.3 Å². The number of anilines is 1. The maximum Gasteiger partial charge on any atom is 0.251 e. The maximum atomic E-state index is 13.1. The number of halogens is 1. The molecule has 0 aromatic heterocycles. The largest absolute Gasteiger partial charge is 0.350 e. The van der Waals surface area contributed by atoms with Gasteiger partial charge in [-0.15, -0.1) is 0 Å². The third kappa shape index (κ3) is 4.97. The first kappa shape index (κ1) is 18.3. The molecule has 0 aliphatic rings. The normalized spacial score (nSPS) is 10.2. The Bertz CT molecular complexity index is 805. The van der Waals surface area contributed by atoms with Crippen LogP contribution in [0.4, 0.5) is 10.1 Å². The van der Waals surface area contributed by atoms with Gasteiger partial charge in [0.1, 0.15) is 5.82 Å². The van der Waals surface area contributed by atoms with E-state index in [0.717, 1.165) is 6.07 Å². The lowest BCUT2D eigenvalue weighted by Crippen LogP contribution is -2.37. The predicted molar refractivity (Wildman–Crippen MR) is 93.2 cm³/mol. The van der Waals surface area contributed by atoms with Crippen LogP contribution in [0.25, 0.3) is 0 Å². The molecule has 1 N–H and O–H groups in total. The highest BCUT2D eigenvalue weighted by Crippen LogP contribution is 2.16. The summed E-state index contributed by atoms with van der Waals surface area (Å²) in [6.45, 7) is 3.29. The van der Waals surface area contributed by atoms with Crippen molar-refractivity contribution in [1.82, 2.24) is 5.32 Å². The maximum absolute atomic E-state index is 13.1. The molecule has 130 valence electrons. The second-order valence-corrected chi connectivity index (χ2v) is 5.54. The van der Waals surface area contributed by atoms with Crippen molar-refractivity contribution in [1.29, 1.82) is 0 Å². The highest BCUT2D eigenvalue weighted by molar-refractivity contribution is 5.97. The topological polar surface area (TPSA) is 66.5 Å². The third-order valence-corrected chi connectivity index (χ3v) is 3.65. The van der Waals surface area contributed by atoms with E-state index in [1.165, 1.54) is 36.9 Å². The van der Waals surface area contributed by atoms with Gasteiger partial charge in [-0.2, -0.15) is 0 Å². The van der Waals surface area contributed by atoms with Crippen LogP contribution in [0, 0.1) is 5.82 Å². The summed E-state index contributed by atoms with van der Waals surface area (Å²) in [7, 11) is 0. The number of amides is 2. The molecule has 0 saturated heterocycles. The smallest absolute Gasteiger partial charge is 0.251 e. The van der Waals surface area contributed by atoms with Gasteiger partial charge in [-0.05, 0) is 37.3 Å². The molecule has 2 amide bonds. The molecule has 0 saturated carbocycles. The minimum Gasteiger partial charge on any atom is -0.350 e. The third-order valence-electron chi connectivity index (χ3n) is 3.65. The molecule has 0 aliphatic heterocycles. The zero-order valence-corrected chi connectivity index (χ0v) is 14.1. The van der Waals surface area contributed by atoms with Crippen molar-refractivity contribution in [2.45, 2.75) is 13.8 Å². The van der Waals surface area contributed by atoms with E-state index in [0.29, 0.717) is 11.3 Å². The number of nitrogens with zero attached hydrogens (tertiary/aromatic N) is 1. The van der Waals surface area contributed by atoms with Crippen LogP contribution in [0.5, 0.6) is 0 Å². The minimum atomic E-state index is -0.487. The van der Waals surface area contributed by atoms with Gasteiger partial charge in [0, 0.05) is 36.8 Å². The summed E-state index contributed by atoms with van der Waals surface area (Å²) in [5.41, 5.74) is 1.31. The second kappa shape index (κ2) is 8.19. The van der Waals surface area contributed by atoms with E-state index in [4.69, 9.17) is 0 Å². The molecule has 6 heteroatoms. The van der Waals surface area contributed by atoms with Crippen LogP contribution in [-0.2, 0) is 4.79 Å². The molecule has 0 heterocycles. The standard InChI is InChI=1S/C19H19FN2O3/c1-13(23)15-5-4-8-18(12-15)22(14(2)24)10-9-21-19(25)16-6-3-7-17(20)11-16/h3-8,11-12H,9-10H2,1-2H3,(H,21,25). The van der Waals surface area contributed by atoms with Gasteiger partial charge < -0.3 is 10.2 Å². The summed E-state index contributed by atoms with van der Waals surface area (Å²) in [5, 5.41) is 2.65. The van der Waals surface area contributed by atoms with Crippen molar-refractivity contribution >= 4 is 23.3 Å². The lowest BCUT2D eigenvalue weighted by molar-refractivity contribution is -0.116. The van der Waals surface area contributed by atoms with Crippen LogP contribution in [-0.4, -0.2) is 30.7 Å². The van der Waals surface area contributed by atoms with E-state index in [2.05, 4.69) is 5.32 Å². The first-order valence-electron chi connectivity index (χ1n) is 7.81. The molecule has 0 aliphatic carbocycles. The fraction of sp³-hybridized carbons (Fsp3) is 0.211. The van der Waals surface area contributed by atoms with E-state index >= 15 is 0 Å². The van der Waals surface area contributed by atoms with Crippen LogP contribution in [0.3, 0.4) is 0 Å². The Labute approximate surface area is 145 Å². The van der Waals surface area contributed by atoms with E-state index in [9.17, 15) is 18.8 Å². The molecule has 0 unspecified atom stereocenters. The quantitative estimate of drug-likeness (QED) is 0.821. The Balaban J connectivity index is 2.03. The molecule has 0 bridgehead atoms. The summed E-state index contributed by atoms with van der Waals surface area (Å²) in [5.74, 6) is -1.20. The summed E-state index contributed by atoms with van der Waals surface area (Å²) in [6.07, 6.45) is 0. The van der Waals surface area contributed by atoms with E-state index in [1.54, 1.807) is 24.3 Å². The molecule has 25 heavy (non-hydrogen) atoms. The van der Waals surface area contributed by atoms with Gasteiger partial charge in [0.2, 0.25) is 5.91 Å².